The third-order valence-corrected chi connectivity index (χ3v) is 5.47. The fraction of sp³-hybridized carbons (Fsp3) is 0.150. The average Bonchev–Trinajstić information content (AvgIpc) is 3.17. The zero-order chi connectivity index (χ0) is 20.4. The maximum atomic E-state index is 12.5. The lowest BCUT2D eigenvalue weighted by molar-refractivity contribution is 0.393. The molecule has 2 heterocycles. The quantitative estimate of drug-likeness (QED) is 0.368. The average molecular weight is 429 g/mol. The largest absolute Gasteiger partial charge is 0.497 e. The first-order valence-corrected chi connectivity index (χ1v) is 10.0. The zero-order valence-corrected chi connectivity index (χ0v) is 17.3. The molecular weight excluding hydrogens is 412 g/mol. The predicted molar refractivity (Wildman–Crippen MR) is 114 cm³/mol. The number of rotatable bonds is 6. The Morgan fingerprint density at radius 3 is 2.45 bits per heavy atom. The Labute approximate surface area is 175 Å². The van der Waals surface area contributed by atoms with Crippen LogP contribution in [0, 0.1) is 0 Å². The second-order valence-electron chi connectivity index (χ2n) is 6.15. The number of benzene rings is 2. The molecule has 0 amide bonds. The fourth-order valence-corrected chi connectivity index (χ4v) is 3.75. The number of hydrogen-bond donors (Lipinski definition) is 1. The second-order valence-corrected chi connectivity index (χ2v) is 7.55. The third kappa shape index (κ3) is 4.08. The molecule has 0 unspecified atom stereocenters. The number of hydrogen-bond acceptors (Lipinski definition) is 6. The number of nitrogens with zero attached hydrogens (tertiary/aromatic N) is 3. The van der Waals surface area contributed by atoms with Crippen LogP contribution in [-0.2, 0) is 5.75 Å². The van der Waals surface area contributed by atoms with Crippen LogP contribution in [0.2, 0.25) is 5.02 Å². The Morgan fingerprint density at radius 1 is 1.10 bits per heavy atom. The summed E-state index contributed by atoms with van der Waals surface area (Å²) in [4.78, 5) is 19.9. The van der Waals surface area contributed by atoms with Crippen LogP contribution in [0.5, 0.6) is 11.5 Å². The summed E-state index contributed by atoms with van der Waals surface area (Å²) in [5.74, 6) is 1.99. The lowest BCUT2D eigenvalue weighted by Crippen LogP contribution is -2.09. The van der Waals surface area contributed by atoms with E-state index >= 15 is 0 Å². The first-order chi connectivity index (χ1) is 14.1. The van der Waals surface area contributed by atoms with E-state index in [0.29, 0.717) is 38.5 Å². The molecule has 0 bridgehead atoms. The van der Waals surface area contributed by atoms with Gasteiger partial charge in [-0.2, -0.15) is 5.10 Å². The van der Waals surface area contributed by atoms with E-state index in [-0.39, 0.29) is 5.56 Å². The van der Waals surface area contributed by atoms with E-state index in [1.165, 1.54) is 18.0 Å². The van der Waals surface area contributed by atoms with Gasteiger partial charge in [-0.3, -0.25) is 4.79 Å². The molecule has 0 fully saturated rings. The van der Waals surface area contributed by atoms with E-state index in [4.69, 9.17) is 21.1 Å². The molecule has 0 atom stereocenters. The first kappa shape index (κ1) is 19.4. The highest BCUT2D eigenvalue weighted by Crippen LogP contribution is 2.27. The van der Waals surface area contributed by atoms with Gasteiger partial charge < -0.3 is 14.5 Å². The van der Waals surface area contributed by atoms with Crippen molar-refractivity contribution < 1.29 is 9.47 Å². The van der Waals surface area contributed by atoms with Crippen molar-refractivity contribution in [3.63, 3.8) is 0 Å². The molecular formula is C20H17ClN4O3S. The Hall–Kier alpha value is -2.97. The van der Waals surface area contributed by atoms with E-state index in [1.54, 1.807) is 31.0 Å². The van der Waals surface area contributed by atoms with Gasteiger partial charge in [-0.1, -0.05) is 23.4 Å². The van der Waals surface area contributed by atoms with Crippen LogP contribution < -0.4 is 15.0 Å². The number of fused-ring (bicyclic) bond motifs is 1. The van der Waals surface area contributed by atoms with Crippen LogP contribution in [0.15, 0.2) is 58.6 Å². The van der Waals surface area contributed by atoms with Gasteiger partial charge in [0.2, 0.25) is 0 Å². The van der Waals surface area contributed by atoms with E-state index in [2.05, 4.69) is 15.1 Å². The second kappa shape index (κ2) is 8.18. The molecule has 148 valence electrons. The Bertz CT molecular complexity index is 1200. The molecule has 2 aromatic carbocycles. The maximum Gasteiger partial charge on any atom is 0.262 e. The molecule has 2 aromatic heterocycles. The summed E-state index contributed by atoms with van der Waals surface area (Å²) in [7, 11) is 3.22. The molecule has 0 aliphatic rings. The van der Waals surface area contributed by atoms with Crippen molar-refractivity contribution in [3.8, 4) is 17.2 Å². The van der Waals surface area contributed by atoms with Gasteiger partial charge in [-0.25, -0.2) is 9.67 Å². The summed E-state index contributed by atoms with van der Waals surface area (Å²) in [6.45, 7) is 0. The normalized spacial score (nSPS) is 11.0. The van der Waals surface area contributed by atoms with Crippen LogP contribution >= 0.6 is 23.4 Å². The fourth-order valence-electron chi connectivity index (χ4n) is 2.84. The number of ether oxygens (including phenoxy) is 2. The predicted octanol–water partition coefficient (Wildman–Crippen LogP) is 4.07. The van der Waals surface area contributed by atoms with Crippen molar-refractivity contribution in [2.75, 3.05) is 14.2 Å². The molecule has 4 rings (SSSR count). The number of H-pyrrole nitrogens is 1. The number of thioether (sulfide) groups is 1. The van der Waals surface area contributed by atoms with Crippen molar-refractivity contribution in [1.29, 1.82) is 0 Å². The van der Waals surface area contributed by atoms with Crippen molar-refractivity contribution in [3.05, 3.63) is 69.6 Å². The summed E-state index contributed by atoms with van der Waals surface area (Å²) >= 11 is 7.37. The van der Waals surface area contributed by atoms with E-state index in [0.717, 1.165) is 11.3 Å². The highest BCUT2D eigenvalue weighted by molar-refractivity contribution is 7.98. The summed E-state index contributed by atoms with van der Waals surface area (Å²) < 4.78 is 12.2. The maximum absolute atomic E-state index is 12.5. The highest BCUT2D eigenvalue weighted by Gasteiger charge is 2.12. The Morgan fingerprint density at radius 2 is 1.79 bits per heavy atom. The van der Waals surface area contributed by atoms with Gasteiger partial charge in [0.1, 0.15) is 16.9 Å². The SMILES string of the molecule is COc1cc(CSc2nc3c(cnn3-c3ccc(Cl)cc3)c(=O)[nH]2)cc(OC)c1. The van der Waals surface area contributed by atoms with Gasteiger partial charge in [0.05, 0.1) is 26.1 Å². The number of nitrogens with one attached hydrogen (secondary N) is 1. The monoisotopic (exact) mass is 428 g/mol. The lowest BCUT2D eigenvalue weighted by Gasteiger charge is -2.08. The molecule has 0 aliphatic carbocycles. The van der Waals surface area contributed by atoms with Crippen LogP contribution in [-0.4, -0.2) is 34.0 Å². The van der Waals surface area contributed by atoms with E-state index < -0.39 is 0 Å². The standard InChI is InChI=1S/C20H17ClN4O3S/c1-27-15-7-12(8-16(9-15)28-2)11-29-20-23-18-17(19(26)24-20)10-22-25(18)14-5-3-13(21)4-6-14/h3-10H,11H2,1-2H3,(H,23,24,26). The van der Waals surface area contributed by atoms with Crippen LogP contribution in [0.4, 0.5) is 0 Å². The number of aromatic nitrogens is 4. The molecule has 0 aliphatic heterocycles. The van der Waals surface area contributed by atoms with Gasteiger partial charge in [-0.05, 0) is 42.0 Å². The molecule has 0 saturated carbocycles. The summed E-state index contributed by atoms with van der Waals surface area (Å²) in [6.07, 6.45) is 1.51. The van der Waals surface area contributed by atoms with Crippen LogP contribution in [0.25, 0.3) is 16.7 Å². The minimum Gasteiger partial charge on any atom is -0.497 e. The van der Waals surface area contributed by atoms with Gasteiger partial charge in [0.15, 0.2) is 10.8 Å². The molecule has 0 spiro atoms. The molecule has 29 heavy (non-hydrogen) atoms. The molecule has 1 N–H and O–H groups in total. The Kier molecular flexibility index (Phi) is 5.46. The summed E-state index contributed by atoms with van der Waals surface area (Å²) in [6, 6.07) is 12.8. The molecule has 0 saturated heterocycles. The number of halogens is 1. The first-order valence-electron chi connectivity index (χ1n) is 8.66. The van der Waals surface area contributed by atoms with Gasteiger partial charge in [0.25, 0.3) is 5.56 Å². The Balaban J connectivity index is 1.66. The molecule has 4 aromatic rings. The zero-order valence-electron chi connectivity index (χ0n) is 15.7. The van der Waals surface area contributed by atoms with Crippen molar-refractivity contribution in [2.24, 2.45) is 0 Å². The van der Waals surface area contributed by atoms with Crippen molar-refractivity contribution >= 4 is 34.4 Å². The van der Waals surface area contributed by atoms with E-state index in [9.17, 15) is 4.79 Å². The summed E-state index contributed by atoms with van der Waals surface area (Å²) in [5.41, 5.74) is 2.01. The molecule has 0 radical (unpaired) electrons. The minimum atomic E-state index is -0.235. The summed E-state index contributed by atoms with van der Waals surface area (Å²) in [5, 5.41) is 5.86. The highest BCUT2D eigenvalue weighted by atomic mass is 35.5. The third-order valence-electron chi connectivity index (χ3n) is 4.27. The van der Waals surface area contributed by atoms with Gasteiger partial charge in [-0.15, -0.1) is 0 Å². The lowest BCUT2D eigenvalue weighted by atomic mass is 10.2. The number of aromatic amines is 1. The smallest absolute Gasteiger partial charge is 0.262 e. The van der Waals surface area contributed by atoms with Crippen molar-refractivity contribution in [2.45, 2.75) is 10.9 Å². The molecule has 9 heteroatoms. The van der Waals surface area contributed by atoms with Gasteiger partial charge in [0, 0.05) is 16.8 Å². The van der Waals surface area contributed by atoms with Crippen molar-refractivity contribution in [1.82, 2.24) is 19.7 Å². The molecule has 7 nitrogen and oxygen atoms in total. The number of methoxy groups -OCH3 is 2. The topological polar surface area (TPSA) is 82.0 Å². The minimum absolute atomic E-state index is 0.235. The van der Waals surface area contributed by atoms with Crippen LogP contribution in [0.3, 0.4) is 0 Å². The van der Waals surface area contributed by atoms with Gasteiger partial charge >= 0.3 is 0 Å². The van der Waals surface area contributed by atoms with E-state index in [1.807, 2.05) is 30.3 Å². The van der Waals surface area contributed by atoms with Crippen LogP contribution in [0.1, 0.15) is 5.56 Å².